The largest absolute Gasteiger partial charge is 0.495 e. The third-order valence-corrected chi connectivity index (χ3v) is 5.79. The molecule has 134 valence electrons. The molecule has 0 amide bonds. The number of para-hydroxylation sites is 1. The minimum absolute atomic E-state index is 0.0869. The summed E-state index contributed by atoms with van der Waals surface area (Å²) in [6.45, 7) is 0. The minimum Gasteiger partial charge on any atom is -0.495 e. The summed E-state index contributed by atoms with van der Waals surface area (Å²) >= 11 is 3.31. The van der Waals surface area contributed by atoms with Gasteiger partial charge in [0.15, 0.2) is 0 Å². The molecule has 0 aromatic heterocycles. The maximum absolute atomic E-state index is 12.9. The van der Waals surface area contributed by atoms with Gasteiger partial charge in [-0.15, -0.1) is 0 Å². The predicted molar refractivity (Wildman–Crippen MR) is 107 cm³/mol. The van der Waals surface area contributed by atoms with Gasteiger partial charge in [-0.2, -0.15) is 0 Å². The third kappa shape index (κ3) is 4.26. The molecule has 0 spiro atoms. The van der Waals surface area contributed by atoms with Gasteiger partial charge in [0.1, 0.15) is 10.6 Å². The highest BCUT2D eigenvalue weighted by Gasteiger charge is 2.21. The van der Waals surface area contributed by atoms with Crippen LogP contribution in [0, 0.1) is 0 Å². The molecule has 6 heteroatoms. The maximum Gasteiger partial charge on any atom is 0.265 e. The second-order valence-electron chi connectivity index (χ2n) is 5.72. The lowest BCUT2D eigenvalue weighted by Gasteiger charge is -2.15. The summed E-state index contributed by atoms with van der Waals surface area (Å²) < 4.78 is 34.4. The fourth-order valence-electron chi connectivity index (χ4n) is 2.65. The van der Waals surface area contributed by atoms with E-state index in [2.05, 4.69) is 20.7 Å². The Morgan fingerprint density at radius 2 is 1.65 bits per heavy atom. The van der Waals surface area contributed by atoms with Crippen LogP contribution in [-0.2, 0) is 16.4 Å². The molecular weight excluding hydrogens is 414 g/mol. The number of sulfonamides is 1. The Morgan fingerprint density at radius 1 is 0.962 bits per heavy atom. The number of halogens is 1. The van der Waals surface area contributed by atoms with Crippen LogP contribution in [0.2, 0.25) is 0 Å². The molecular formula is C20H18BrNO3S. The highest BCUT2D eigenvalue weighted by Crippen LogP contribution is 2.30. The van der Waals surface area contributed by atoms with Crippen molar-refractivity contribution in [2.45, 2.75) is 11.3 Å². The predicted octanol–water partition coefficient (Wildman–Crippen LogP) is 4.85. The molecule has 3 rings (SSSR count). The van der Waals surface area contributed by atoms with Gasteiger partial charge in [-0.25, -0.2) is 8.42 Å². The number of anilines is 1. The molecule has 0 radical (unpaired) electrons. The van der Waals surface area contributed by atoms with Crippen LogP contribution in [-0.4, -0.2) is 15.5 Å². The van der Waals surface area contributed by atoms with Crippen molar-refractivity contribution in [3.05, 3.63) is 88.4 Å². The van der Waals surface area contributed by atoms with Crippen molar-refractivity contribution in [2.24, 2.45) is 0 Å². The van der Waals surface area contributed by atoms with Crippen LogP contribution in [0.3, 0.4) is 0 Å². The summed E-state index contributed by atoms with van der Waals surface area (Å²) in [5, 5.41) is 0. The summed E-state index contributed by atoms with van der Waals surface area (Å²) in [4.78, 5) is 0.0869. The fourth-order valence-corrected chi connectivity index (χ4v) is 4.46. The zero-order valence-electron chi connectivity index (χ0n) is 14.1. The quantitative estimate of drug-likeness (QED) is 0.606. The van der Waals surface area contributed by atoms with E-state index in [0.29, 0.717) is 22.3 Å². The average molecular weight is 432 g/mol. The molecule has 0 unspecified atom stereocenters. The molecule has 0 atom stereocenters. The number of methoxy groups -OCH3 is 1. The van der Waals surface area contributed by atoms with Crippen molar-refractivity contribution >= 4 is 31.6 Å². The topological polar surface area (TPSA) is 55.4 Å². The minimum atomic E-state index is -3.80. The standard InChI is InChI=1S/C20H18BrNO3S/c1-25-19-12-11-17(21)14-20(19)26(23,24)22-18-10-6-5-9-16(18)13-15-7-3-2-4-8-15/h2-12,14,22H,13H2,1H3. The number of benzene rings is 3. The first-order chi connectivity index (χ1) is 12.5. The van der Waals surface area contributed by atoms with Gasteiger partial charge in [-0.3, -0.25) is 4.72 Å². The second kappa shape index (κ2) is 7.93. The Kier molecular flexibility index (Phi) is 5.64. The first kappa shape index (κ1) is 18.5. The lowest BCUT2D eigenvalue weighted by Crippen LogP contribution is -2.15. The summed E-state index contributed by atoms with van der Waals surface area (Å²) in [7, 11) is -2.35. The van der Waals surface area contributed by atoms with Crippen LogP contribution in [0.25, 0.3) is 0 Å². The van der Waals surface area contributed by atoms with Gasteiger partial charge < -0.3 is 4.74 Å². The van der Waals surface area contributed by atoms with E-state index >= 15 is 0 Å². The number of hydrogen-bond acceptors (Lipinski definition) is 3. The molecule has 0 saturated carbocycles. The molecule has 3 aromatic carbocycles. The van der Waals surface area contributed by atoms with Crippen molar-refractivity contribution in [3.8, 4) is 5.75 Å². The monoisotopic (exact) mass is 431 g/mol. The summed E-state index contributed by atoms with van der Waals surface area (Å²) in [6.07, 6.45) is 0.634. The van der Waals surface area contributed by atoms with Gasteiger partial charge >= 0.3 is 0 Å². The van der Waals surface area contributed by atoms with E-state index in [9.17, 15) is 8.42 Å². The smallest absolute Gasteiger partial charge is 0.265 e. The number of nitrogens with one attached hydrogen (secondary N) is 1. The maximum atomic E-state index is 12.9. The first-order valence-corrected chi connectivity index (χ1v) is 10.3. The van der Waals surface area contributed by atoms with E-state index < -0.39 is 10.0 Å². The third-order valence-electron chi connectivity index (χ3n) is 3.91. The Balaban J connectivity index is 1.95. The Labute approximate surface area is 162 Å². The molecule has 0 aliphatic heterocycles. The van der Waals surface area contributed by atoms with Gasteiger partial charge in [-0.05, 0) is 41.8 Å². The summed E-state index contributed by atoms with van der Waals surface area (Å²) in [6, 6.07) is 22.2. The first-order valence-electron chi connectivity index (χ1n) is 7.98. The molecule has 0 heterocycles. The van der Waals surface area contributed by atoms with Crippen molar-refractivity contribution in [1.29, 1.82) is 0 Å². The van der Waals surface area contributed by atoms with E-state index in [0.717, 1.165) is 11.1 Å². The lowest BCUT2D eigenvalue weighted by molar-refractivity contribution is 0.403. The number of hydrogen-bond donors (Lipinski definition) is 1. The second-order valence-corrected chi connectivity index (χ2v) is 8.29. The highest BCUT2D eigenvalue weighted by atomic mass is 79.9. The van der Waals surface area contributed by atoms with Crippen LogP contribution < -0.4 is 9.46 Å². The zero-order chi connectivity index (χ0) is 18.6. The van der Waals surface area contributed by atoms with E-state index in [1.165, 1.54) is 13.2 Å². The van der Waals surface area contributed by atoms with Crippen LogP contribution in [0.4, 0.5) is 5.69 Å². The Bertz CT molecular complexity index is 1000. The van der Waals surface area contributed by atoms with Crippen molar-refractivity contribution in [2.75, 3.05) is 11.8 Å². The van der Waals surface area contributed by atoms with Crippen LogP contribution in [0.5, 0.6) is 5.75 Å². The Hall–Kier alpha value is -2.31. The molecule has 0 aliphatic rings. The molecule has 0 saturated heterocycles. The van der Waals surface area contributed by atoms with Crippen LogP contribution in [0.15, 0.2) is 82.2 Å². The zero-order valence-corrected chi connectivity index (χ0v) is 16.5. The molecule has 3 aromatic rings. The van der Waals surface area contributed by atoms with Gasteiger partial charge in [0.2, 0.25) is 0 Å². The van der Waals surface area contributed by atoms with Gasteiger partial charge in [-0.1, -0.05) is 64.5 Å². The highest BCUT2D eigenvalue weighted by molar-refractivity contribution is 9.10. The van der Waals surface area contributed by atoms with E-state index in [4.69, 9.17) is 4.74 Å². The van der Waals surface area contributed by atoms with E-state index in [1.54, 1.807) is 18.2 Å². The summed E-state index contributed by atoms with van der Waals surface area (Å²) in [5.41, 5.74) is 2.56. The molecule has 0 aliphatic carbocycles. The van der Waals surface area contributed by atoms with E-state index in [1.807, 2.05) is 48.5 Å². The van der Waals surface area contributed by atoms with Gasteiger partial charge in [0, 0.05) is 4.47 Å². The van der Waals surface area contributed by atoms with Crippen molar-refractivity contribution in [1.82, 2.24) is 0 Å². The van der Waals surface area contributed by atoms with Gasteiger partial charge in [0.25, 0.3) is 10.0 Å². The Morgan fingerprint density at radius 3 is 2.38 bits per heavy atom. The fraction of sp³-hybridized carbons (Fsp3) is 0.100. The normalized spacial score (nSPS) is 11.2. The van der Waals surface area contributed by atoms with Crippen LogP contribution >= 0.6 is 15.9 Å². The van der Waals surface area contributed by atoms with E-state index in [-0.39, 0.29) is 4.90 Å². The van der Waals surface area contributed by atoms with Crippen LogP contribution in [0.1, 0.15) is 11.1 Å². The average Bonchev–Trinajstić information content (AvgIpc) is 2.64. The summed E-state index contributed by atoms with van der Waals surface area (Å²) in [5.74, 6) is 0.293. The van der Waals surface area contributed by atoms with Crippen molar-refractivity contribution < 1.29 is 13.2 Å². The van der Waals surface area contributed by atoms with Gasteiger partial charge in [0.05, 0.1) is 12.8 Å². The molecule has 1 N–H and O–H groups in total. The number of rotatable bonds is 6. The SMILES string of the molecule is COc1ccc(Br)cc1S(=O)(=O)Nc1ccccc1Cc1ccccc1. The van der Waals surface area contributed by atoms with Crippen molar-refractivity contribution in [3.63, 3.8) is 0 Å². The molecule has 0 bridgehead atoms. The molecule has 26 heavy (non-hydrogen) atoms. The molecule has 0 fully saturated rings. The molecule has 4 nitrogen and oxygen atoms in total. The lowest BCUT2D eigenvalue weighted by atomic mass is 10.0. The number of ether oxygens (including phenoxy) is 1.